The van der Waals surface area contributed by atoms with Crippen LogP contribution >= 0.6 is 0 Å². The van der Waals surface area contributed by atoms with Crippen LogP contribution in [0.3, 0.4) is 0 Å². The summed E-state index contributed by atoms with van der Waals surface area (Å²) in [7, 11) is -3.08. The summed E-state index contributed by atoms with van der Waals surface area (Å²) < 4.78 is 50.3. The Labute approximate surface area is 158 Å². The van der Waals surface area contributed by atoms with Crippen molar-refractivity contribution in [3.8, 4) is 0 Å². The Morgan fingerprint density at radius 3 is 2.07 bits per heavy atom. The molecule has 4 nitrogen and oxygen atoms in total. The van der Waals surface area contributed by atoms with Crippen LogP contribution in [0.5, 0.6) is 0 Å². The zero-order chi connectivity index (χ0) is 20.2. The molecule has 1 amide bonds. The van der Waals surface area contributed by atoms with Crippen molar-refractivity contribution in [1.82, 2.24) is 0 Å². The number of benzene rings is 2. The maximum Gasteiger partial charge on any atom is 0.255 e. The first-order valence-corrected chi connectivity index (χ1v) is 10.4. The van der Waals surface area contributed by atoms with Crippen LogP contribution < -0.4 is 5.32 Å². The van der Waals surface area contributed by atoms with Crippen molar-refractivity contribution < 1.29 is 22.0 Å². The zero-order valence-corrected chi connectivity index (χ0v) is 16.3. The Bertz CT molecular complexity index is 889. The lowest BCUT2D eigenvalue weighted by Gasteiger charge is -2.14. The van der Waals surface area contributed by atoms with Gasteiger partial charge in [-0.15, -0.1) is 0 Å². The van der Waals surface area contributed by atoms with Crippen molar-refractivity contribution in [1.29, 1.82) is 0 Å². The van der Waals surface area contributed by atoms with E-state index in [0.29, 0.717) is 18.2 Å². The smallest absolute Gasteiger partial charge is 0.255 e. The number of sulfone groups is 1. The van der Waals surface area contributed by atoms with Gasteiger partial charge in [0.15, 0.2) is 9.84 Å². The van der Waals surface area contributed by atoms with Crippen molar-refractivity contribution in [2.45, 2.75) is 38.4 Å². The number of carbonyl (C=O) groups excluding carboxylic acids is 1. The highest BCUT2D eigenvalue weighted by Gasteiger charge is 2.18. The third-order valence-corrected chi connectivity index (χ3v) is 6.66. The molecule has 1 atom stereocenters. The van der Waals surface area contributed by atoms with E-state index in [1.54, 1.807) is 38.1 Å². The summed E-state index contributed by atoms with van der Waals surface area (Å²) in [5, 5.41) is 2.19. The average Bonchev–Trinajstić information content (AvgIpc) is 2.59. The highest BCUT2D eigenvalue weighted by atomic mass is 32.2. The lowest BCUT2D eigenvalue weighted by atomic mass is 9.98. The van der Waals surface area contributed by atoms with E-state index in [4.69, 9.17) is 0 Å². The lowest BCUT2D eigenvalue weighted by Crippen LogP contribution is -2.18. The first-order valence-electron chi connectivity index (χ1n) is 8.67. The molecule has 0 saturated heterocycles. The van der Waals surface area contributed by atoms with Gasteiger partial charge in [0.05, 0.1) is 11.0 Å². The molecule has 0 fully saturated rings. The van der Waals surface area contributed by atoms with Crippen LogP contribution in [0.25, 0.3) is 0 Å². The van der Waals surface area contributed by atoms with Gasteiger partial charge in [0.2, 0.25) is 0 Å². The van der Waals surface area contributed by atoms with Gasteiger partial charge in [-0.3, -0.25) is 4.79 Å². The average molecular weight is 395 g/mol. The largest absolute Gasteiger partial charge is 0.322 e. The van der Waals surface area contributed by atoms with E-state index < -0.39 is 32.6 Å². The summed E-state index contributed by atoms with van der Waals surface area (Å²) in [5.74, 6) is -2.09. The minimum absolute atomic E-state index is 0.0422. The maximum absolute atomic E-state index is 13.2. The molecular weight excluding hydrogens is 372 g/mol. The molecule has 0 unspecified atom stereocenters. The molecule has 0 bridgehead atoms. The van der Waals surface area contributed by atoms with Gasteiger partial charge < -0.3 is 5.32 Å². The second-order valence-electron chi connectivity index (χ2n) is 6.84. The molecule has 146 valence electrons. The molecule has 7 heteroatoms. The second kappa shape index (κ2) is 8.61. The molecule has 2 aromatic carbocycles. The monoisotopic (exact) mass is 395 g/mol. The molecule has 0 heterocycles. The van der Waals surface area contributed by atoms with Crippen molar-refractivity contribution in [3.63, 3.8) is 0 Å². The highest BCUT2D eigenvalue weighted by Crippen LogP contribution is 2.23. The van der Waals surface area contributed by atoms with Crippen LogP contribution in [0.1, 0.15) is 49.0 Å². The standard InChI is InChI=1S/C20H23F2NO3S/c1-13(2)27(25,26)9-8-14(3)15-4-6-19(7-5-15)23-20(24)16-10-17(21)12-18(22)11-16/h4-7,10-14H,8-9H2,1-3H3,(H,23,24)/t14-/m0/s1. The van der Waals surface area contributed by atoms with Gasteiger partial charge in [0.1, 0.15) is 11.6 Å². The van der Waals surface area contributed by atoms with Crippen LogP contribution in [0.4, 0.5) is 14.5 Å². The van der Waals surface area contributed by atoms with Gasteiger partial charge >= 0.3 is 0 Å². The summed E-state index contributed by atoms with van der Waals surface area (Å²) in [6.07, 6.45) is 0.509. The third kappa shape index (κ3) is 5.85. The number of carbonyl (C=O) groups is 1. The van der Waals surface area contributed by atoms with Gasteiger partial charge in [-0.25, -0.2) is 17.2 Å². The van der Waals surface area contributed by atoms with E-state index in [9.17, 15) is 22.0 Å². The molecule has 0 spiro atoms. The number of hydrogen-bond donors (Lipinski definition) is 1. The first-order chi connectivity index (χ1) is 12.6. The van der Waals surface area contributed by atoms with Crippen molar-refractivity contribution in [2.24, 2.45) is 0 Å². The van der Waals surface area contributed by atoms with Crippen LogP contribution in [-0.2, 0) is 9.84 Å². The highest BCUT2D eigenvalue weighted by molar-refractivity contribution is 7.91. The molecule has 1 N–H and O–H groups in total. The first kappa shape index (κ1) is 21.0. The van der Waals surface area contributed by atoms with E-state index in [-0.39, 0.29) is 17.2 Å². The number of halogens is 2. The van der Waals surface area contributed by atoms with E-state index in [2.05, 4.69) is 5.32 Å². The SMILES string of the molecule is CC(C)S(=O)(=O)CC[C@H](C)c1ccc(NC(=O)c2cc(F)cc(F)c2)cc1. The predicted octanol–water partition coefficient (Wildman–Crippen LogP) is 4.53. The fourth-order valence-electron chi connectivity index (χ4n) is 2.53. The predicted molar refractivity (Wildman–Crippen MR) is 103 cm³/mol. The summed E-state index contributed by atoms with van der Waals surface area (Å²) >= 11 is 0. The molecular formula is C20H23F2NO3S. The van der Waals surface area contributed by atoms with Gasteiger partial charge in [0, 0.05) is 17.3 Å². The molecule has 0 radical (unpaired) electrons. The number of nitrogens with one attached hydrogen (secondary N) is 1. The lowest BCUT2D eigenvalue weighted by molar-refractivity contribution is 0.102. The topological polar surface area (TPSA) is 63.2 Å². The van der Waals surface area contributed by atoms with E-state index in [1.165, 1.54) is 0 Å². The molecule has 0 aliphatic rings. The summed E-state index contributed by atoms with van der Waals surface area (Å²) in [4.78, 5) is 12.1. The molecule has 2 aromatic rings. The number of hydrogen-bond acceptors (Lipinski definition) is 3. The Morgan fingerprint density at radius 2 is 1.56 bits per heavy atom. The van der Waals surface area contributed by atoms with Crippen LogP contribution in [0.15, 0.2) is 42.5 Å². The fourth-order valence-corrected chi connectivity index (χ4v) is 3.68. The van der Waals surface area contributed by atoms with Crippen molar-refractivity contribution >= 4 is 21.4 Å². The molecule has 0 aliphatic heterocycles. The quantitative estimate of drug-likeness (QED) is 0.749. The van der Waals surface area contributed by atoms with E-state index in [0.717, 1.165) is 17.7 Å². The van der Waals surface area contributed by atoms with E-state index >= 15 is 0 Å². The van der Waals surface area contributed by atoms with Crippen LogP contribution in [0, 0.1) is 11.6 Å². The van der Waals surface area contributed by atoms with Crippen molar-refractivity contribution in [3.05, 3.63) is 65.2 Å². The van der Waals surface area contributed by atoms with Crippen LogP contribution in [-0.4, -0.2) is 25.3 Å². The Balaban J connectivity index is 2.01. The number of amides is 1. The summed E-state index contributed by atoms with van der Waals surface area (Å²) in [5.41, 5.74) is 1.32. The van der Waals surface area contributed by atoms with Gasteiger partial charge in [-0.2, -0.15) is 0 Å². The third-order valence-electron chi connectivity index (χ3n) is 4.42. The van der Waals surface area contributed by atoms with Gasteiger partial charge in [-0.1, -0.05) is 19.1 Å². The summed E-state index contributed by atoms with van der Waals surface area (Å²) in [6.45, 7) is 5.28. The molecule has 2 rings (SSSR count). The Morgan fingerprint density at radius 1 is 1.00 bits per heavy atom. The molecule has 27 heavy (non-hydrogen) atoms. The Hall–Kier alpha value is -2.28. The minimum Gasteiger partial charge on any atom is -0.322 e. The van der Waals surface area contributed by atoms with Crippen molar-refractivity contribution in [2.75, 3.05) is 11.1 Å². The maximum atomic E-state index is 13.2. The van der Waals surface area contributed by atoms with E-state index in [1.807, 2.05) is 6.92 Å². The minimum atomic E-state index is -3.08. The van der Waals surface area contributed by atoms with Gasteiger partial charge in [0.25, 0.3) is 5.91 Å². The zero-order valence-electron chi connectivity index (χ0n) is 15.5. The molecule has 0 saturated carbocycles. The second-order valence-corrected chi connectivity index (χ2v) is 9.52. The van der Waals surface area contributed by atoms with Gasteiger partial charge in [-0.05, 0) is 56.0 Å². The van der Waals surface area contributed by atoms with Crippen LogP contribution in [0.2, 0.25) is 0 Å². The summed E-state index contributed by atoms with van der Waals surface area (Å²) in [6, 6.07) is 9.58. The fraction of sp³-hybridized carbons (Fsp3) is 0.350. The number of anilines is 1. The molecule has 0 aliphatic carbocycles. The number of rotatable bonds is 7. The normalized spacial score (nSPS) is 12.8. The Kier molecular flexibility index (Phi) is 6.70. The molecule has 0 aromatic heterocycles.